The summed E-state index contributed by atoms with van der Waals surface area (Å²) in [7, 11) is 0. The van der Waals surface area contributed by atoms with Gasteiger partial charge in [-0.3, -0.25) is 9.59 Å². The SMILES string of the molecule is CSCCC(NC(=O)c1cccc(C)c1)C(=O)N1CCC(F)(C(=O)O)C1. The van der Waals surface area contributed by atoms with E-state index in [9.17, 15) is 18.8 Å². The van der Waals surface area contributed by atoms with Gasteiger partial charge in [-0.25, -0.2) is 9.18 Å². The summed E-state index contributed by atoms with van der Waals surface area (Å²) >= 11 is 1.53. The summed E-state index contributed by atoms with van der Waals surface area (Å²) in [5.74, 6) is -1.74. The van der Waals surface area contributed by atoms with Crippen molar-refractivity contribution in [2.75, 3.05) is 25.1 Å². The molecule has 0 saturated carbocycles. The van der Waals surface area contributed by atoms with Crippen LogP contribution in [0, 0.1) is 6.92 Å². The molecule has 2 N–H and O–H groups in total. The molecule has 1 fully saturated rings. The van der Waals surface area contributed by atoms with Crippen molar-refractivity contribution in [3.8, 4) is 0 Å². The third-order valence-electron chi connectivity index (χ3n) is 4.41. The predicted molar refractivity (Wildman–Crippen MR) is 98.1 cm³/mol. The topological polar surface area (TPSA) is 86.7 Å². The fraction of sp³-hybridized carbons (Fsp3) is 0.500. The zero-order valence-electron chi connectivity index (χ0n) is 14.8. The van der Waals surface area contributed by atoms with Gasteiger partial charge >= 0.3 is 5.97 Å². The van der Waals surface area contributed by atoms with Gasteiger partial charge in [0.1, 0.15) is 6.04 Å². The van der Waals surface area contributed by atoms with Crippen LogP contribution in [-0.4, -0.2) is 64.6 Å². The quantitative estimate of drug-likeness (QED) is 0.752. The van der Waals surface area contributed by atoms with Gasteiger partial charge in [-0.2, -0.15) is 11.8 Å². The number of rotatable bonds is 7. The Bertz CT molecular complexity index is 700. The Morgan fingerprint density at radius 3 is 2.73 bits per heavy atom. The number of nitrogens with zero attached hydrogens (tertiary/aromatic N) is 1. The lowest BCUT2D eigenvalue weighted by atomic mass is 10.1. The Balaban J connectivity index is 2.10. The second kappa shape index (κ2) is 8.53. The van der Waals surface area contributed by atoms with Gasteiger partial charge in [0, 0.05) is 18.5 Å². The van der Waals surface area contributed by atoms with Crippen LogP contribution >= 0.6 is 11.8 Å². The highest BCUT2D eigenvalue weighted by Gasteiger charge is 2.47. The maximum atomic E-state index is 14.2. The summed E-state index contributed by atoms with van der Waals surface area (Å²) in [6.45, 7) is 1.40. The summed E-state index contributed by atoms with van der Waals surface area (Å²) in [6.07, 6.45) is 2.03. The maximum Gasteiger partial charge on any atom is 0.343 e. The van der Waals surface area contributed by atoms with Crippen LogP contribution in [0.25, 0.3) is 0 Å². The summed E-state index contributed by atoms with van der Waals surface area (Å²) in [5.41, 5.74) is -1.05. The average Bonchev–Trinajstić information content (AvgIpc) is 3.01. The number of carboxylic acid groups (broad SMARTS) is 1. The zero-order chi connectivity index (χ0) is 19.3. The fourth-order valence-corrected chi connectivity index (χ4v) is 3.35. The number of likely N-dealkylation sites (tertiary alicyclic amines) is 1. The third-order valence-corrected chi connectivity index (χ3v) is 5.05. The first-order valence-corrected chi connectivity index (χ1v) is 9.74. The number of alkyl halides is 1. The fourth-order valence-electron chi connectivity index (χ4n) is 2.88. The Morgan fingerprint density at radius 2 is 2.15 bits per heavy atom. The van der Waals surface area contributed by atoms with E-state index in [1.165, 1.54) is 16.7 Å². The molecule has 1 aromatic carbocycles. The van der Waals surface area contributed by atoms with Crippen molar-refractivity contribution in [1.29, 1.82) is 0 Å². The van der Waals surface area contributed by atoms with Gasteiger partial charge in [-0.05, 0) is 37.5 Å². The van der Waals surface area contributed by atoms with Crippen LogP contribution in [0.2, 0.25) is 0 Å². The van der Waals surface area contributed by atoms with E-state index >= 15 is 0 Å². The lowest BCUT2D eigenvalue weighted by Gasteiger charge is -2.24. The van der Waals surface area contributed by atoms with E-state index in [-0.39, 0.29) is 18.9 Å². The summed E-state index contributed by atoms with van der Waals surface area (Å²) in [5, 5.41) is 11.7. The highest BCUT2D eigenvalue weighted by atomic mass is 32.2. The number of amides is 2. The van der Waals surface area contributed by atoms with Crippen LogP contribution in [0.15, 0.2) is 24.3 Å². The first-order valence-electron chi connectivity index (χ1n) is 8.34. The van der Waals surface area contributed by atoms with Gasteiger partial charge in [-0.15, -0.1) is 0 Å². The minimum absolute atomic E-state index is 0.0255. The average molecular weight is 382 g/mol. The van der Waals surface area contributed by atoms with Crippen LogP contribution < -0.4 is 5.32 Å². The van der Waals surface area contributed by atoms with Gasteiger partial charge in [-0.1, -0.05) is 17.7 Å². The van der Waals surface area contributed by atoms with Crippen LogP contribution in [0.4, 0.5) is 4.39 Å². The maximum absolute atomic E-state index is 14.2. The van der Waals surface area contributed by atoms with Crippen molar-refractivity contribution in [2.45, 2.75) is 31.5 Å². The highest BCUT2D eigenvalue weighted by Crippen LogP contribution is 2.26. The van der Waals surface area contributed by atoms with Crippen molar-refractivity contribution in [3.63, 3.8) is 0 Å². The molecule has 1 aliphatic heterocycles. The number of hydrogen-bond donors (Lipinski definition) is 2. The monoisotopic (exact) mass is 382 g/mol. The minimum Gasteiger partial charge on any atom is -0.479 e. The Labute approximate surface area is 156 Å². The number of carbonyl (C=O) groups excluding carboxylic acids is 2. The number of carbonyl (C=O) groups is 3. The molecule has 0 aliphatic carbocycles. The van der Waals surface area contributed by atoms with Crippen LogP contribution in [0.5, 0.6) is 0 Å². The van der Waals surface area contributed by atoms with Crippen molar-refractivity contribution < 1.29 is 23.9 Å². The molecule has 6 nitrogen and oxygen atoms in total. The highest BCUT2D eigenvalue weighted by molar-refractivity contribution is 7.98. The smallest absolute Gasteiger partial charge is 0.343 e. The standard InChI is InChI=1S/C18H23FN2O4S/c1-12-4-3-5-13(10-12)15(22)20-14(6-9-26-2)16(23)21-8-7-18(19,11-21)17(24)25/h3-5,10,14H,6-9,11H2,1-2H3,(H,20,22)(H,24,25). The lowest BCUT2D eigenvalue weighted by molar-refractivity contribution is -0.150. The molecule has 2 amide bonds. The number of nitrogens with one attached hydrogen (secondary N) is 1. The molecule has 0 radical (unpaired) electrons. The number of aryl methyl sites for hydroxylation is 1. The van der Waals surface area contributed by atoms with Crippen molar-refractivity contribution >= 4 is 29.5 Å². The molecule has 1 aromatic rings. The van der Waals surface area contributed by atoms with E-state index in [1.807, 2.05) is 19.2 Å². The summed E-state index contributed by atoms with van der Waals surface area (Å²) in [6, 6.07) is 6.19. The molecular formula is C18H23FN2O4S. The first kappa shape index (κ1) is 20.2. The van der Waals surface area contributed by atoms with Crippen molar-refractivity contribution in [3.05, 3.63) is 35.4 Å². The summed E-state index contributed by atoms with van der Waals surface area (Å²) in [4.78, 5) is 37.4. The minimum atomic E-state index is -2.42. The third kappa shape index (κ3) is 4.75. The number of carboxylic acids is 1. The molecule has 8 heteroatoms. The molecule has 2 rings (SSSR count). The van der Waals surface area contributed by atoms with Crippen molar-refractivity contribution in [1.82, 2.24) is 10.2 Å². The normalized spacial score (nSPS) is 20.7. The van der Waals surface area contributed by atoms with Gasteiger partial charge in [0.25, 0.3) is 5.91 Å². The van der Waals surface area contributed by atoms with Crippen LogP contribution in [0.1, 0.15) is 28.8 Å². The molecule has 0 aromatic heterocycles. The molecule has 2 unspecified atom stereocenters. The number of thioether (sulfide) groups is 1. The number of halogens is 1. The zero-order valence-corrected chi connectivity index (χ0v) is 15.6. The second-order valence-corrected chi connectivity index (χ2v) is 7.44. The van der Waals surface area contributed by atoms with Gasteiger partial charge in [0.2, 0.25) is 11.6 Å². The molecule has 1 aliphatic rings. The number of aliphatic carboxylic acids is 1. The number of benzene rings is 1. The number of hydrogen-bond acceptors (Lipinski definition) is 4. The van der Waals surface area contributed by atoms with Gasteiger partial charge in [0.05, 0.1) is 6.54 Å². The van der Waals surface area contributed by atoms with E-state index < -0.39 is 30.1 Å². The molecule has 1 heterocycles. The predicted octanol–water partition coefficient (Wildman–Crippen LogP) is 1.87. The largest absolute Gasteiger partial charge is 0.479 e. The van der Waals surface area contributed by atoms with E-state index in [2.05, 4.69) is 5.32 Å². The molecule has 142 valence electrons. The van der Waals surface area contributed by atoms with Gasteiger partial charge in [0.15, 0.2) is 0 Å². The van der Waals surface area contributed by atoms with Crippen LogP contribution in [0.3, 0.4) is 0 Å². The first-order chi connectivity index (χ1) is 12.3. The molecule has 0 bridgehead atoms. The van der Waals surface area contributed by atoms with Crippen LogP contribution in [-0.2, 0) is 9.59 Å². The second-order valence-electron chi connectivity index (χ2n) is 6.46. The van der Waals surface area contributed by atoms with E-state index in [1.54, 1.807) is 18.2 Å². The van der Waals surface area contributed by atoms with Crippen molar-refractivity contribution in [2.24, 2.45) is 0 Å². The Kier molecular flexibility index (Phi) is 6.63. The summed E-state index contributed by atoms with van der Waals surface area (Å²) < 4.78 is 14.2. The molecule has 1 saturated heterocycles. The lowest BCUT2D eigenvalue weighted by Crippen LogP contribution is -2.49. The van der Waals surface area contributed by atoms with E-state index in [4.69, 9.17) is 5.11 Å². The van der Waals surface area contributed by atoms with E-state index in [0.29, 0.717) is 17.7 Å². The molecular weight excluding hydrogens is 359 g/mol. The Morgan fingerprint density at radius 1 is 1.42 bits per heavy atom. The molecule has 2 atom stereocenters. The van der Waals surface area contributed by atoms with Gasteiger partial charge < -0.3 is 15.3 Å². The van der Waals surface area contributed by atoms with E-state index in [0.717, 1.165) is 5.56 Å². The molecule has 0 spiro atoms. The molecule has 26 heavy (non-hydrogen) atoms. The Hall–Kier alpha value is -2.09.